The highest BCUT2D eigenvalue weighted by molar-refractivity contribution is 6.45. The number of aromatic nitrogens is 1. The minimum atomic E-state index is -1.06. The van der Waals surface area contributed by atoms with E-state index in [1.54, 1.807) is 12.1 Å². The Labute approximate surface area is 161 Å². The molecule has 0 aliphatic rings. The number of hydrogen-bond acceptors (Lipinski definition) is 5. The highest BCUT2D eigenvalue weighted by Gasteiger charge is 2.27. The minimum Gasteiger partial charge on any atom is -0.363 e. The summed E-state index contributed by atoms with van der Waals surface area (Å²) < 4.78 is 1.95. The molecule has 28 heavy (non-hydrogen) atoms. The van der Waals surface area contributed by atoms with Crippen molar-refractivity contribution < 1.29 is 24.2 Å². The molecule has 0 saturated heterocycles. The summed E-state index contributed by atoms with van der Waals surface area (Å²) in [5, 5.41) is 0.389. The van der Waals surface area contributed by atoms with Gasteiger partial charge < -0.3 is 10.3 Å². The Hall–Kier alpha value is -3.61. The third-order valence-corrected chi connectivity index (χ3v) is 4.38. The van der Waals surface area contributed by atoms with E-state index in [1.165, 1.54) is 6.92 Å². The predicted octanol–water partition coefficient (Wildman–Crippen LogP) is 2.78. The Morgan fingerprint density at radius 1 is 1.04 bits per heavy atom. The zero-order valence-corrected chi connectivity index (χ0v) is 15.6. The van der Waals surface area contributed by atoms with Crippen molar-refractivity contribution in [3.63, 3.8) is 0 Å². The maximum absolute atomic E-state index is 12.6. The molecule has 0 spiro atoms. The topological polar surface area (TPSA) is 101 Å². The third kappa shape index (κ3) is 3.59. The number of rotatable bonds is 7. The zero-order valence-electron chi connectivity index (χ0n) is 15.6. The summed E-state index contributed by atoms with van der Waals surface area (Å²) in [4.78, 5) is 45.3. The monoisotopic (exact) mass is 380 g/mol. The molecule has 0 unspecified atom stereocenters. The number of carbonyl (C=O) groups excluding carboxylic acids is 3. The Bertz CT molecular complexity index is 1050. The molecule has 0 atom stereocenters. The molecule has 1 aromatic heterocycles. The molecule has 1 amide bonds. The van der Waals surface area contributed by atoms with E-state index in [4.69, 9.17) is 10.6 Å². The van der Waals surface area contributed by atoms with Gasteiger partial charge in [-0.1, -0.05) is 43.3 Å². The van der Waals surface area contributed by atoms with Gasteiger partial charge >= 0.3 is 5.97 Å². The standard InChI is InChI=1S/C21H20N2O5/c1-3-15-19(20(25)21(22)26)18-16(10-7-11-17(18)28-27-13(2)24)23(15)12-14-8-5-4-6-9-14/h4-11H,3,12H2,1-2H3,(H2,22,26). The van der Waals surface area contributed by atoms with Gasteiger partial charge in [-0.3, -0.25) is 19.4 Å². The second-order valence-electron chi connectivity index (χ2n) is 6.25. The van der Waals surface area contributed by atoms with Gasteiger partial charge in [-0.15, -0.1) is 0 Å². The Kier molecular flexibility index (Phi) is 5.44. The summed E-state index contributed by atoms with van der Waals surface area (Å²) in [6.45, 7) is 3.58. The fourth-order valence-electron chi connectivity index (χ4n) is 3.28. The smallest absolute Gasteiger partial charge is 0.352 e. The van der Waals surface area contributed by atoms with Crippen LogP contribution in [0.1, 0.15) is 35.5 Å². The number of benzene rings is 2. The summed E-state index contributed by atoms with van der Waals surface area (Å²) in [5.74, 6) is -2.35. The highest BCUT2D eigenvalue weighted by Crippen LogP contribution is 2.35. The highest BCUT2D eigenvalue weighted by atomic mass is 17.2. The lowest BCUT2D eigenvalue weighted by atomic mass is 10.0. The fourth-order valence-corrected chi connectivity index (χ4v) is 3.28. The molecular weight excluding hydrogens is 360 g/mol. The van der Waals surface area contributed by atoms with Crippen LogP contribution in [0.4, 0.5) is 0 Å². The number of Topliss-reactive ketones (excluding diaryl/α,β-unsaturated/α-hetero) is 1. The van der Waals surface area contributed by atoms with Gasteiger partial charge in [0, 0.05) is 19.2 Å². The van der Waals surface area contributed by atoms with Crippen LogP contribution in [0.25, 0.3) is 10.9 Å². The molecule has 3 aromatic rings. The Morgan fingerprint density at radius 3 is 2.36 bits per heavy atom. The van der Waals surface area contributed by atoms with Gasteiger partial charge in [0.2, 0.25) is 0 Å². The Morgan fingerprint density at radius 2 is 1.75 bits per heavy atom. The van der Waals surface area contributed by atoms with E-state index in [9.17, 15) is 14.4 Å². The average molecular weight is 380 g/mol. The van der Waals surface area contributed by atoms with E-state index in [0.717, 1.165) is 5.56 Å². The molecule has 3 rings (SSSR count). The predicted molar refractivity (Wildman–Crippen MR) is 103 cm³/mol. The maximum Gasteiger partial charge on any atom is 0.352 e. The number of ketones is 1. The number of fused-ring (bicyclic) bond motifs is 1. The van der Waals surface area contributed by atoms with Gasteiger partial charge in [0.1, 0.15) is 0 Å². The Balaban J connectivity index is 2.27. The van der Waals surface area contributed by atoms with Crippen molar-refractivity contribution in [2.24, 2.45) is 5.73 Å². The third-order valence-electron chi connectivity index (χ3n) is 4.38. The molecule has 0 aliphatic carbocycles. The number of primary amides is 1. The first-order chi connectivity index (χ1) is 13.4. The van der Waals surface area contributed by atoms with E-state index >= 15 is 0 Å². The van der Waals surface area contributed by atoms with Crippen LogP contribution >= 0.6 is 0 Å². The molecule has 2 N–H and O–H groups in total. The first-order valence-corrected chi connectivity index (χ1v) is 8.81. The first kappa shape index (κ1) is 19.2. The van der Waals surface area contributed by atoms with Gasteiger partial charge in [-0.2, -0.15) is 0 Å². The molecule has 0 aliphatic heterocycles. The van der Waals surface area contributed by atoms with Crippen molar-refractivity contribution in [2.75, 3.05) is 0 Å². The molecule has 144 valence electrons. The zero-order chi connectivity index (χ0) is 20.3. The van der Waals surface area contributed by atoms with Crippen molar-refractivity contribution >= 4 is 28.6 Å². The van der Waals surface area contributed by atoms with Crippen LogP contribution in [-0.4, -0.2) is 22.2 Å². The normalized spacial score (nSPS) is 10.6. The maximum atomic E-state index is 12.6. The lowest BCUT2D eigenvalue weighted by Gasteiger charge is -2.10. The molecule has 0 fully saturated rings. The van der Waals surface area contributed by atoms with Gasteiger partial charge in [0.15, 0.2) is 5.75 Å². The SMILES string of the molecule is CCc1c(C(=O)C(N)=O)c2c(OOC(C)=O)cccc2n1Cc1ccccc1. The van der Waals surface area contributed by atoms with Crippen LogP contribution in [0.3, 0.4) is 0 Å². The number of nitrogens with two attached hydrogens (primary N) is 1. The summed E-state index contributed by atoms with van der Waals surface area (Å²) in [6.07, 6.45) is 0.489. The van der Waals surface area contributed by atoms with Crippen LogP contribution in [0.2, 0.25) is 0 Å². The summed E-state index contributed by atoms with van der Waals surface area (Å²) >= 11 is 0. The minimum absolute atomic E-state index is 0.166. The van der Waals surface area contributed by atoms with Crippen molar-refractivity contribution in [1.82, 2.24) is 4.57 Å². The number of carbonyl (C=O) groups is 3. The number of nitrogens with zero attached hydrogens (tertiary/aromatic N) is 1. The molecule has 0 saturated carbocycles. The van der Waals surface area contributed by atoms with Crippen molar-refractivity contribution in [1.29, 1.82) is 0 Å². The van der Waals surface area contributed by atoms with Crippen LogP contribution in [0.15, 0.2) is 48.5 Å². The van der Waals surface area contributed by atoms with Gasteiger partial charge in [0.25, 0.3) is 11.7 Å². The van der Waals surface area contributed by atoms with Crippen LogP contribution in [0.5, 0.6) is 5.75 Å². The van der Waals surface area contributed by atoms with Crippen molar-refractivity contribution in [2.45, 2.75) is 26.8 Å². The van der Waals surface area contributed by atoms with Crippen LogP contribution in [0, 0.1) is 0 Å². The molecule has 1 heterocycles. The quantitative estimate of drug-likeness (QED) is 0.294. The number of amides is 1. The summed E-state index contributed by atoms with van der Waals surface area (Å²) in [7, 11) is 0. The molecule has 7 nitrogen and oxygen atoms in total. The van der Waals surface area contributed by atoms with Gasteiger partial charge in [-0.05, 0) is 24.1 Å². The second-order valence-corrected chi connectivity index (χ2v) is 6.25. The largest absolute Gasteiger partial charge is 0.363 e. The van der Waals surface area contributed by atoms with E-state index in [2.05, 4.69) is 4.89 Å². The first-order valence-electron chi connectivity index (χ1n) is 8.81. The van der Waals surface area contributed by atoms with Crippen molar-refractivity contribution in [3.05, 3.63) is 65.4 Å². The fraction of sp³-hybridized carbons (Fsp3) is 0.190. The van der Waals surface area contributed by atoms with E-state index in [-0.39, 0.29) is 11.3 Å². The number of hydrogen-bond donors (Lipinski definition) is 1. The van der Waals surface area contributed by atoms with Gasteiger partial charge in [0.05, 0.1) is 16.5 Å². The lowest BCUT2D eigenvalue weighted by molar-refractivity contribution is -0.210. The molecule has 2 aromatic carbocycles. The summed E-state index contributed by atoms with van der Waals surface area (Å²) in [6, 6.07) is 14.8. The van der Waals surface area contributed by atoms with E-state index in [0.29, 0.717) is 29.6 Å². The second kappa shape index (κ2) is 7.96. The average Bonchev–Trinajstić information content (AvgIpc) is 3.00. The summed E-state index contributed by atoms with van der Waals surface area (Å²) in [5.41, 5.74) is 7.82. The molecule has 7 heteroatoms. The lowest BCUT2D eigenvalue weighted by Crippen LogP contribution is -2.24. The van der Waals surface area contributed by atoms with Crippen LogP contribution in [-0.2, 0) is 27.4 Å². The van der Waals surface area contributed by atoms with E-state index in [1.807, 2.05) is 47.9 Å². The molecule has 0 radical (unpaired) electrons. The molecule has 0 bridgehead atoms. The van der Waals surface area contributed by atoms with Crippen molar-refractivity contribution in [3.8, 4) is 5.75 Å². The van der Waals surface area contributed by atoms with E-state index < -0.39 is 17.7 Å². The molecular formula is C21H20N2O5. The van der Waals surface area contributed by atoms with Gasteiger partial charge in [-0.25, -0.2) is 4.79 Å². The van der Waals surface area contributed by atoms with Crippen LogP contribution < -0.4 is 10.6 Å².